The zero-order valence-corrected chi connectivity index (χ0v) is 10.4. The van der Waals surface area contributed by atoms with Crippen LogP contribution < -0.4 is 0 Å². The predicted molar refractivity (Wildman–Crippen MR) is 74.0 cm³/mol. The van der Waals surface area contributed by atoms with E-state index in [1.165, 1.54) is 6.33 Å². The molecular formula is C15H11N3O2. The van der Waals surface area contributed by atoms with Crippen LogP contribution in [0.3, 0.4) is 0 Å². The van der Waals surface area contributed by atoms with E-state index < -0.39 is 0 Å². The van der Waals surface area contributed by atoms with Crippen LogP contribution in [0.1, 0.15) is 0 Å². The predicted octanol–water partition coefficient (Wildman–Crippen LogP) is 2.62. The minimum Gasteiger partial charge on any atom is -0.508 e. The minimum atomic E-state index is 0.196. The van der Waals surface area contributed by atoms with Gasteiger partial charge < -0.3 is 10.2 Å². The van der Waals surface area contributed by atoms with E-state index in [1.807, 2.05) is 0 Å². The molecule has 3 aromatic rings. The van der Waals surface area contributed by atoms with Gasteiger partial charge in [0.2, 0.25) is 0 Å². The standard InChI is InChI=1S/C15H11N3O2/c19-12-5-1-10(2-6-12)14-16-9-17-15(18-14)11-3-7-13(20)8-4-11/h1-9,19-20H. The molecule has 1 aromatic heterocycles. The fourth-order valence-electron chi connectivity index (χ4n) is 1.80. The molecule has 0 aliphatic heterocycles. The molecule has 0 fully saturated rings. The van der Waals surface area contributed by atoms with Crippen LogP contribution in [0.15, 0.2) is 54.9 Å². The van der Waals surface area contributed by atoms with Crippen molar-refractivity contribution >= 4 is 0 Å². The number of phenols is 2. The smallest absolute Gasteiger partial charge is 0.163 e. The highest BCUT2D eigenvalue weighted by Gasteiger charge is 2.06. The SMILES string of the molecule is Oc1ccc(-c2ncnc(-c3ccc(O)cc3)n2)cc1. The first-order valence-electron chi connectivity index (χ1n) is 6.00. The average molecular weight is 265 g/mol. The molecule has 2 N–H and O–H groups in total. The third kappa shape index (κ3) is 2.42. The van der Waals surface area contributed by atoms with Gasteiger partial charge in [-0.2, -0.15) is 0 Å². The minimum absolute atomic E-state index is 0.196. The third-order valence-electron chi connectivity index (χ3n) is 2.82. The van der Waals surface area contributed by atoms with Crippen molar-refractivity contribution in [3.05, 3.63) is 54.9 Å². The third-order valence-corrected chi connectivity index (χ3v) is 2.82. The molecule has 0 atom stereocenters. The number of rotatable bonds is 2. The van der Waals surface area contributed by atoms with Gasteiger partial charge in [-0.1, -0.05) is 0 Å². The van der Waals surface area contributed by atoms with E-state index in [0.29, 0.717) is 11.6 Å². The highest BCUT2D eigenvalue weighted by atomic mass is 16.3. The molecule has 0 unspecified atom stereocenters. The van der Waals surface area contributed by atoms with E-state index in [2.05, 4.69) is 15.0 Å². The second kappa shape index (κ2) is 4.97. The van der Waals surface area contributed by atoms with E-state index in [9.17, 15) is 10.2 Å². The van der Waals surface area contributed by atoms with Crippen LogP contribution in [-0.4, -0.2) is 25.2 Å². The summed E-state index contributed by atoms with van der Waals surface area (Å²) in [4.78, 5) is 12.6. The van der Waals surface area contributed by atoms with Crippen molar-refractivity contribution in [2.24, 2.45) is 0 Å². The Morgan fingerprint density at radius 2 is 1.00 bits per heavy atom. The number of phenolic OH excluding ortho intramolecular Hbond substituents is 2. The Kier molecular flexibility index (Phi) is 3.01. The monoisotopic (exact) mass is 265 g/mol. The van der Waals surface area contributed by atoms with E-state index in [4.69, 9.17) is 0 Å². The number of nitrogens with zero attached hydrogens (tertiary/aromatic N) is 3. The first-order chi connectivity index (χ1) is 9.72. The second-order valence-electron chi connectivity index (χ2n) is 4.23. The first kappa shape index (κ1) is 12.1. The molecule has 20 heavy (non-hydrogen) atoms. The second-order valence-corrected chi connectivity index (χ2v) is 4.23. The van der Waals surface area contributed by atoms with Crippen molar-refractivity contribution in [2.45, 2.75) is 0 Å². The van der Waals surface area contributed by atoms with Gasteiger partial charge in [0.15, 0.2) is 11.6 Å². The van der Waals surface area contributed by atoms with Crippen LogP contribution >= 0.6 is 0 Å². The van der Waals surface area contributed by atoms with Gasteiger partial charge in [-0.25, -0.2) is 15.0 Å². The van der Waals surface area contributed by atoms with Crippen molar-refractivity contribution in [2.75, 3.05) is 0 Å². The average Bonchev–Trinajstić information content (AvgIpc) is 2.49. The van der Waals surface area contributed by atoms with Gasteiger partial charge in [0.1, 0.15) is 17.8 Å². The van der Waals surface area contributed by atoms with Crippen LogP contribution in [0.5, 0.6) is 11.5 Å². The Hall–Kier alpha value is -2.95. The van der Waals surface area contributed by atoms with Crippen LogP contribution in [0.4, 0.5) is 0 Å². The van der Waals surface area contributed by atoms with E-state index >= 15 is 0 Å². The molecule has 0 spiro atoms. The number of benzene rings is 2. The van der Waals surface area contributed by atoms with Crippen molar-refractivity contribution in [1.29, 1.82) is 0 Å². The normalized spacial score (nSPS) is 10.4. The molecule has 1 heterocycles. The highest BCUT2D eigenvalue weighted by molar-refractivity contribution is 5.61. The van der Waals surface area contributed by atoms with Gasteiger partial charge >= 0.3 is 0 Å². The fourth-order valence-corrected chi connectivity index (χ4v) is 1.80. The molecule has 0 bridgehead atoms. The Labute approximate surface area is 115 Å². The molecule has 0 aliphatic rings. The summed E-state index contributed by atoms with van der Waals surface area (Å²) in [7, 11) is 0. The van der Waals surface area contributed by atoms with Gasteiger partial charge in [-0.3, -0.25) is 0 Å². The van der Waals surface area contributed by atoms with Crippen LogP contribution in [-0.2, 0) is 0 Å². The molecule has 98 valence electrons. The van der Waals surface area contributed by atoms with Crippen molar-refractivity contribution in [3.63, 3.8) is 0 Å². The maximum Gasteiger partial charge on any atom is 0.163 e. The highest BCUT2D eigenvalue weighted by Crippen LogP contribution is 2.22. The van der Waals surface area contributed by atoms with Gasteiger partial charge in [-0.05, 0) is 48.5 Å². The summed E-state index contributed by atoms with van der Waals surface area (Å²) in [5.41, 5.74) is 1.59. The zero-order valence-electron chi connectivity index (χ0n) is 10.4. The molecule has 0 saturated carbocycles. The molecule has 0 radical (unpaired) electrons. The fraction of sp³-hybridized carbons (Fsp3) is 0. The molecule has 0 saturated heterocycles. The number of aromatic hydroxyl groups is 2. The Morgan fingerprint density at radius 3 is 1.40 bits per heavy atom. The first-order valence-corrected chi connectivity index (χ1v) is 6.00. The maximum atomic E-state index is 9.29. The molecule has 5 heteroatoms. The Morgan fingerprint density at radius 1 is 0.600 bits per heavy atom. The van der Waals surface area contributed by atoms with Crippen LogP contribution in [0.25, 0.3) is 22.8 Å². The Balaban J connectivity index is 2.01. The van der Waals surface area contributed by atoms with E-state index in [0.717, 1.165) is 11.1 Å². The lowest BCUT2D eigenvalue weighted by Gasteiger charge is -2.03. The summed E-state index contributed by atoms with van der Waals surface area (Å²) in [5, 5.41) is 18.6. The van der Waals surface area contributed by atoms with Gasteiger partial charge in [0, 0.05) is 11.1 Å². The van der Waals surface area contributed by atoms with Crippen molar-refractivity contribution in [1.82, 2.24) is 15.0 Å². The summed E-state index contributed by atoms with van der Waals surface area (Å²) >= 11 is 0. The topological polar surface area (TPSA) is 79.1 Å². The lowest BCUT2D eigenvalue weighted by Crippen LogP contribution is -1.94. The molecule has 0 aliphatic carbocycles. The van der Waals surface area contributed by atoms with Crippen molar-refractivity contribution in [3.8, 4) is 34.3 Å². The molecular weight excluding hydrogens is 254 g/mol. The molecule has 0 amide bonds. The maximum absolute atomic E-state index is 9.29. The lowest BCUT2D eigenvalue weighted by molar-refractivity contribution is 0.475. The number of hydrogen-bond acceptors (Lipinski definition) is 5. The van der Waals surface area contributed by atoms with E-state index in [-0.39, 0.29) is 11.5 Å². The zero-order chi connectivity index (χ0) is 13.9. The molecule has 3 rings (SSSR count). The van der Waals surface area contributed by atoms with Gasteiger partial charge in [0.05, 0.1) is 0 Å². The summed E-state index contributed by atoms with van der Waals surface area (Å²) in [6.07, 6.45) is 1.44. The van der Waals surface area contributed by atoms with E-state index in [1.54, 1.807) is 48.5 Å². The van der Waals surface area contributed by atoms with Crippen LogP contribution in [0, 0.1) is 0 Å². The molecule has 5 nitrogen and oxygen atoms in total. The lowest BCUT2D eigenvalue weighted by atomic mass is 10.2. The van der Waals surface area contributed by atoms with Crippen molar-refractivity contribution < 1.29 is 10.2 Å². The largest absolute Gasteiger partial charge is 0.508 e. The quantitative estimate of drug-likeness (QED) is 0.744. The summed E-state index contributed by atoms with van der Waals surface area (Å²) in [6, 6.07) is 13.3. The van der Waals surface area contributed by atoms with Gasteiger partial charge in [0.25, 0.3) is 0 Å². The van der Waals surface area contributed by atoms with Gasteiger partial charge in [-0.15, -0.1) is 0 Å². The number of aromatic nitrogens is 3. The summed E-state index contributed by atoms with van der Waals surface area (Å²) < 4.78 is 0. The van der Waals surface area contributed by atoms with Crippen LogP contribution in [0.2, 0.25) is 0 Å². The summed E-state index contributed by atoms with van der Waals surface area (Å²) in [5.74, 6) is 1.45. The number of hydrogen-bond donors (Lipinski definition) is 2. The summed E-state index contributed by atoms with van der Waals surface area (Å²) in [6.45, 7) is 0. The Bertz CT molecular complexity index is 664. The molecule has 2 aromatic carbocycles.